The Bertz CT molecular complexity index is 1400. The van der Waals surface area contributed by atoms with E-state index in [0.29, 0.717) is 16.9 Å². The van der Waals surface area contributed by atoms with Crippen LogP contribution in [-0.2, 0) is 4.79 Å². The van der Waals surface area contributed by atoms with Crippen molar-refractivity contribution >= 4 is 86.0 Å². The monoisotopic (exact) mass is 702 g/mol. The van der Waals surface area contributed by atoms with Crippen molar-refractivity contribution in [2.45, 2.75) is 33.1 Å². The summed E-state index contributed by atoms with van der Waals surface area (Å²) >= 11 is 3.54. The van der Waals surface area contributed by atoms with Crippen molar-refractivity contribution in [1.82, 2.24) is 19.3 Å². The highest BCUT2D eigenvalue weighted by Crippen LogP contribution is 2.40. The van der Waals surface area contributed by atoms with Crippen LogP contribution in [0.5, 0.6) is 0 Å². The predicted octanol–water partition coefficient (Wildman–Crippen LogP) is 7.44. The molecule has 1 aliphatic rings. The van der Waals surface area contributed by atoms with Crippen molar-refractivity contribution < 1.29 is 13.6 Å². The summed E-state index contributed by atoms with van der Waals surface area (Å²) < 4.78 is 31.1. The molecule has 2 heterocycles. The van der Waals surface area contributed by atoms with E-state index in [4.69, 9.17) is 0 Å². The molecule has 1 aromatic carbocycles. The molecule has 2 aromatic heterocycles. The first-order valence-electron chi connectivity index (χ1n) is 12.6. The van der Waals surface area contributed by atoms with Crippen LogP contribution >= 0.6 is 40.4 Å². The van der Waals surface area contributed by atoms with Gasteiger partial charge >= 0.3 is 0 Å². The highest BCUT2D eigenvalue weighted by molar-refractivity contribution is 14.2. The molecule has 1 aliphatic carbocycles. The number of hydrogen-bond donors (Lipinski definition) is 2. The lowest BCUT2D eigenvalue weighted by Gasteiger charge is -2.22. The molecular formula is C26H34F2IN8OPS. The lowest BCUT2D eigenvalue weighted by atomic mass is 10.1. The molecule has 9 nitrogen and oxygen atoms in total. The molecule has 0 bridgehead atoms. The fraction of sp³-hybridized carbons (Fsp3) is 0.385. The lowest BCUT2D eigenvalue weighted by Crippen LogP contribution is -2.15. The maximum Gasteiger partial charge on any atom is 0.295 e. The van der Waals surface area contributed by atoms with Gasteiger partial charge in [-0.3, -0.25) is 9.13 Å². The second-order valence-electron chi connectivity index (χ2n) is 8.75. The van der Waals surface area contributed by atoms with Gasteiger partial charge in [0.1, 0.15) is 11.3 Å². The number of imidazole rings is 1. The molecule has 0 aliphatic heterocycles. The van der Waals surface area contributed by atoms with E-state index in [1.807, 2.05) is 85.8 Å². The van der Waals surface area contributed by atoms with E-state index in [-0.39, 0.29) is 35.5 Å². The highest BCUT2D eigenvalue weighted by Gasteiger charge is 2.30. The molecule has 216 valence electrons. The van der Waals surface area contributed by atoms with Crippen molar-refractivity contribution in [2.75, 3.05) is 42.3 Å². The van der Waals surface area contributed by atoms with Crippen molar-refractivity contribution in [1.29, 1.82) is 0 Å². The number of nitrogens with zero attached hydrogens (tertiary/aromatic N) is 6. The Morgan fingerprint density at radius 2 is 1.95 bits per heavy atom. The average Bonchev–Trinajstić information content (AvgIpc) is 3.73. The van der Waals surface area contributed by atoms with Crippen LogP contribution in [0.15, 0.2) is 42.0 Å². The molecule has 0 radical (unpaired) electrons. The Morgan fingerprint density at radius 3 is 2.50 bits per heavy atom. The van der Waals surface area contributed by atoms with E-state index in [2.05, 4.69) is 32.3 Å². The number of benzene rings is 1. The number of amides is 1. The third-order valence-electron chi connectivity index (χ3n) is 5.80. The zero-order valence-corrected chi connectivity index (χ0v) is 27.3. The van der Waals surface area contributed by atoms with Crippen molar-refractivity contribution in [2.24, 2.45) is 11.0 Å². The van der Waals surface area contributed by atoms with Gasteiger partial charge < -0.3 is 19.9 Å². The predicted molar refractivity (Wildman–Crippen MR) is 175 cm³/mol. The van der Waals surface area contributed by atoms with E-state index in [1.165, 1.54) is 16.3 Å². The maximum absolute atomic E-state index is 13.9. The summed E-state index contributed by atoms with van der Waals surface area (Å²) in [4.78, 5) is 21.2. The van der Waals surface area contributed by atoms with Gasteiger partial charge in [0, 0.05) is 44.9 Å². The molecule has 4 rings (SSSR count). The number of pyridine rings is 1. The summed E-state index contributed by atoms with van der Waals surface area (Å²) in [5.74, 6) is -0.225. The minimum absolute atomic E-state index is 0.0332. The van der Waals surface area contributed by atoms with Gasteiger partial charge in [0.15, 0.2) is 11.5 Å². The second-order valence-corrected chi connectivity index (χ2v) is 11.7. The van der Waals surface area contributed by atoms with Crippen LogP contribution in [0.4, 0.5) is 31.7 Å². The van der Waals surface area contributed by atoms with Crippen molar-refractivity contribution in [3.63, 3.8) is 0 Å². The van der Waals surface area contributed by atoms with Gasteiger partial charge in [-0.05, 0) is 53.1 Å². The third kappa shape index (κ3) is 7.41. The first-order valence-corrected chi connectivity index (χ1v) is 17.9. The zero-order chi connectivity index (χ0) is 29.6. The molecule has 1 unspecified atom stereocenters. The summed E-state index contributed by atoms with van der Waals surface area (Å²) in [5.41, 5.74) is 4.17. The Morgan fingerprint density at radius 1 is 1.25 bits per heavy atom. The van der Waals surface area contributed by atoms with Crippen LogP contribution in [0, 0.1) is 5.92 Å². The van der Waals surface area contributed by atoms with Crippen LogP contribution in [0.1, 0.15) is 44.5 Å². The van der Waals surface area contributed by atoms with Crippen LogP contribution in [0.2, 0.25) is 0 Å². The number of rotatable bonds is 11. The van der Waals surface area contributed by atoms with Gasteiger partial charge in [0.25, 0.3) is 6.43 Å². The molecule has 0 saturated heterocycles. The van der Waals surface area contributed by atoms with Crippen LogP contribution in [0.25, 0.3) is 11.2 Å². The molecule has 1 fully saturated rings. The van der Waals surface area contributed by atoms with Crippen molar-refractivity contribution in [3.8, 4) is 0 Å². The number of fused-ring (bicyclic) bond motifs is 1. The minimum Gasteiger partial charge on any atom is -0.352 e. The number of allylic oxidation sites excluding steroid dienone is 1. The molecule has 3 aromatic rings. The summed E-state index contributed by atoms with van der Waals surface area (Å²) in [7, 11) is 5.60. The van der Waals surface area contributed by atoms with Gasteiger partial charge in [-0.25, -0.2) is 18.7 Å². The van der Waals surface area contributed by atoms with Crippen LogP contribution in [-0.4, -0.2) is 58.3 Å². The van der Waals surface area contributed by atoms with E-state index in [0.717, 1.165) is 29.8 Å². The quantitative estimate of drug-likeness (QED) is 0.0706. The number of anilines is 4. The number of halogens is 3. The molecule has 1 amide bonds. The minimum atomic E-state index is -2.77. The number of carbonyl (C=O) groups excluding carboxylic acids is 1. The van der Waals surface area contributed by atoms with E-state index in [1.54, 1.807) is 17.2 Å². The molecule has 14 heteroatoms. The third-order valence-corrected chi connectivity index (χ3v) is 8.60. The van der Waals surface area contributed by atoms with Gasteiger partial charge in [-0.2, -0.15) is 5.10 Å². The topological polar surface area (TPSA) is 90.7 Å². The molecule has 0 spiro atoms. The van der Waals surface area contributed by atoms with E-state index >= 15 is 0 Å². The normalized spacial score (nSPS) is 13.4. The fourth-order valence-electron chi connectivity index (χ4n) is 3.76. The molecular weight excluding hydrogens is 668 g/mol. The zero-order valence-electron chi connectivity index (χ0n) is 23.3. The first-order chi connectivity index (χ1) is 19.2. The first kappa shape index (κ1) is 32.0. The van der Waals surface area contributed by atoms with Gasteiger partial charge in [0.05, 0.1) is 29.1 Å². The average molecular weight is 703 g/mol. The number of alkyl halides is 2. The Labute approximate surface area is 252 Å². The SMILES string of the molecule is C=C/C(=N\N(C)C)c1ccc(Nc2cc(NC(=O)C3CC3)nc3c2nc(C(F)F)n3PI)c(N(C)SC)c1.CC. The summed E-state index contributed by atoms with van der Waals surface area (Å²) in [6, 6.07) is 7.43. The Balaban J connectivity index is 0.00000216. The molecule has 1 atom stereocenters. The summed E-state index contributed by atoms with van der Waals surface area (Å²) in [6.07, 6.45) is 2.50. The largest absolute Gasteiger partial charge is 0.352 e. The maximum atomic E-state index is 13.9. The summed E-state index contributed by atoms with van der Waals surface area (Å²) in [6.45, 7) is 7.89. The van der Waals surface area contributed by atoms with E-state index in [9.17, 15) is 13.6 Å². The highest BCUT2D eigenvalue weighted by atomic mass is 127. The number of carbonyl (C=O) groups is 1. The summed E-state index contributed by atoms with van der Waals surface area (Å²) in [5, 5.41) is 12.4. The smallest absolute Gasteiger partial charge is 0.295 e. The van der Waals surface area contributed by atoms with Crippen LogP contribution in [0.3, 0.4) is 0 Å². The number of nitrogens with one attached hydrogen (secondary N) is 2. The van der Waals surface area contributed by atoms with Gasteiger partial charge in [-0.1, -0.05) is 38.4 Å². The number of hydrazone groups is 1. The van der Waals surface area contributed by atoms with E-state index < -0.39 is 6.43 Å². The Hall–Kier alpha value is -2.51. The number of aromatic nitrogens is 3. The number of hydrogen-bond acceptors (Lipinski definition) is 8. The fourth-order valence-corrected chi connectivity index (χ4v) is 6.00. The molecule has 1 saturated carbocycles. The second kappa shape index (κ2) is 14.4. The van der Waals surface area contributed by atoms with Crippen molar-refractivity contribution in [3.05, 3.63) is 48.3 Å². The van der Waals surface area contributed by atoms with Gasteiger partial charge in [0.2, 0.25) is 5.91 Å². The Kier molecular flexibility index (Phi) is 11.5. The van der Waals surface area contributed by atoms with Crippen LogP contribution < -0.4 is 14.9 Å². The lowest BCUT2D eigenvalue weighted by molar-refractivity contribution is -0.117. The standard InChI is InChI=1S/C24H28F2IN8OPS.C2H6/c1-6-15(32-33(2)3)14-9-10-16(18(11-14)34(4)38-5)28-17-12-19(30-24(36)13-7-8-13)29-22-20(17)31-23(21(25)26)35(22)37-27;1-2/h6,9-13,21,37H,1,7-8H2,2-5H3,(H2,28,29,30,36);1-2H3/b32-15+;. The molecule has 2 N–H and O–H groups in total. The van der Waals surface area contributed by atoms with Gasteiger partial charge in [-0.15, -0.1) is 0 Å². The molecule has 40 heavy (non-hydrogen) atoms.